The lowest BCUT2D eigenvalue weighted by Gasteiger charge is -2.11. The molecule has 2 aromatic carbocycles. The second-order valence-corrected chi connectivity index (χ2v) is 10.3. The highest BCUT2D eigenvalue weighted by molar-refractivity contribution is 7.99. The number of methoxy groups -OCH3 is 1. The SMILES string of the molecule is CCSc1nc2c(C)sc(C(=O)OC)c2n1Cc1ccc(-c2ccccc2-c2n[nH]c(=O)[nH]2)cc1. The molecule has 35 heavy (non-hydrogen) atoms. The molecule has 0 spiro atoms. The van der Waals surface area contributed by atoms with Crippen LogP contribution in [-0.4, -0.2) is 43.6 Å². The van der Waals surface area contributed by atoms with E-state index in [4.69, 9.17) is 9.72 Å². The van der Waals surface area contributed by atoms with Crippen molar-refractivity contribution in [3.8, 4) is 22.5 Å². The number of esters is 1. The first-order valence-electron chi connectivity index (χ1n) is 11.0. The summed E-state index contributed by atoms with van der Waals surface area (Å²) in [4.78, 5) is 33.2. The van der Waals surface area contributed by atoms with Gasteiger partial charge in [0.15, 0.2) is 11.0 Å². The number of aromatic nitrogens is 5. The molecule has 0 aliphatic rings. The molecule has 5 aromatic rings. The summed E-state index contributed by atoms with van der Waals surface area (Å²) in [5.74, 6) is 1.03. The second kappa shape index (κ2) is 9.55. The van der Waals surface area contributed by atoms with Gasteiger partial charge >= 0.3 is 11.7 Å². The Morgan fingerprint density at radius 1 is 1.14 bits per heavy atom. The molecule has 0 unspecified atom stereocenters. The molecule has 0 atom stereocenters. The molecule has 178 valence electrons. The zero-order valence-corrected chi connectivity index (χ0v) is 21.0. The summed E-state index contributed by atoms with van der Waals surface area (Å²) in [6, 6.07) is 16.1. The summed E-state index contributed by atoms with van der Waals surface area (Å²) in [5, 5.41) is 7.39. The molecule has 0 fully saturated rings. The normalized spacial score (nSPS) is 11.3. The van der Waals surface area contributed by atoms with Gasteiger partial charge in [0, 0.05) is 10.4 Å². The van der Waals surface area contributed by atoms with Crippen molar-refractivity contribution in [1.82, 2.24) is 24.7 Å². The van der Waals surface area contributed by atoms with Gasteiger partial charge < -0.3 is 9.30 Å². The van der Waals surface area contributed by atoms with Crippen LogP contribution in [0.1, 0.15) is 27.0 Å². The molecule has 0 bridgehead atoms. The van der Waals surface area contributed by atoms with Crippen molar-refractivity contribution in [2.24, 2.45) is 0 Å². The lowest BCUT2D eigenvalue weighted by Crippen LogP contribution is -2.06. The molecule has 0 radical (unpaired) electrons. The smallest absolute Gasteiger partial charge is 0.350 e. The van der Waals surface area contributed by atoms with Crippen LogP contribution in [-0.2, 0) is 11.3 Å². The van der Waals surface area contributed by atoms with Crippen LogP contribution in [0, 0.1) is 6.92 Å². The molecular formula is C25H23N5O3S2. The van der Waals surface area contributed by atoms with Crippen LogP contribution in [0.4, 0.5) is 0 Å². The Bertz CT molecular complexity index is 1580. The number of nitrogens with zero attached hydrogens (tertiary/aromatic N) is 3. The Balaban J connectivity index is 1.53. The number of aromatic amines is 2. The van der Waals surface area contributed by atoms with Gasteiger partial charge in [0.1, 0.15) is 10.4 Å². The maximum atomic E-state index is 12.5. The van der Waals surface area contributed by atoms with Gasteiger partial charge in [-0.3, -0.25) is 4.98 Å². The quantitative estimate of drug-likeness (QED) is 0.236. The van der Waals surface area contributed by atoms with Crippen LogP contribution in [0.25, 0.3) is 33.5 Å². The van der Waals surface area contributed by atoms with Crippen molar-refractivity contribution in [2.45, 2.75) is 25.5 Å². The van der Waals surface area contributed by atoms with E-state index >= 15 is 0 Å². The minimum absolute atomic E-state index is 0.340. The summed E-state index contributed by atoms with van der Waals surface area (Å²) >= 11 is 3.07. The Labute approximate surface area is 209 Å². The van der Waals surface area contributed by atoms with E-state index in [1.807, 2.05) is 31.2 Å². The van der Waals surface area contributed by atoms with Crippen LogP contribution in [0.5, 0.6) is 0 Å². The number of ether oxygens (including phenoxy) is 1. The fourth-order valence-electron chi connectivity index (χ4n) is 4.09. The summed E-state index contributed by atoms with van der Waals surface area (Å²) in [7, 11) is 1.40. The van der Waals surface area contributed by atoms with E-state index < -0.39 is 0 Å². The second-order valence-electron chi connectivity index (χ2n) is 7.86. The number of nitrogens with one attached hydrogen (secondary N) is 2. The first-order valence-corrected chi connectivity index (χ1v) is 12.8. The van der Waals surface area contributed by atoms with Gasteiger partial charge in [-0.05, 0) is 29.4 Å². The Morgan fingerprint density at radius 3 is 2.54 bits per heavy atom. The summed E-state index contributed by atoms with van der Waals surface area (Å²) in [5.41, 5.74) is 5.23. The zero-order valence-electron chi connectivity index (χ0n) is 19.4. The highest BCUT2D eigenvalue weighted by atomic mass is 32.2. The summed E-state index contributed by atoms with van der Waals surface area (Å²) < 4.78 is 7.15. The lowest BCUT2D eigenvalue weighted by molar-refractivity contribution is 0.0608. The maximum Gasteiger partial charge on any atom is 0.350 e. The number of aryl methyl sites for hydroxylation is 1. The highest BCUT2D eigenvalue weighted by Gasteiger charge is 2.24. The Kier molecular flexibility index (Phi) is 6.31. The number of fused-ring (bicyclic) bond motifs is 1. The molecule has 3 aromatic heterocycles. The van der Waals surface area contributed by atoms with Crippen molar-refractivity contribution < 1.29 is 9.53 Å². The van der Waals surface area contributed by atoms with Crippen LogP contribution in [0.3, 0.4) is 0 Å². The van der Waals surface area contributed by atoms with Crippen molar-refractivity contribution in [3.05, 3.63) is 74.3 Å². The molecule has 0 aliphatic heterocycles. The minimum atomic E-state index is -0.342. The fourth-order valence-corrected chi connectivity index (χ4v) is 5.83. The maximum absolute atomic E-state index is 12.5. The molecule has 10 heteroatoms. The van der Waals surface area contributed by atoms with Crippen LogP contribution < -0.4 is 5.69 Å². The predicted molar refractivity (Wildman–Crippen MR) is 139 cm³/mol. The van der Waals surface area contributed by atoms with Gasteiger partial charge in [-0.2, -0.15) is 5.10 Å². The molecule has 2 N–H and O–H groups in total. The molecular weight excluding hydrogens is 482 g/mol. The van der Waals surface area contributed by atoms with E-state index in [1.165, 1.54) is 18.4 Å². The third-order valence-electron chi connectivity index (χ3n) is 5.67. The molecule has 5 rings (SSSR count). The average Bonchev–Trinajstić information content (AvgIpc) is 3.55. The molecule has 0 amide bonds. The number of imidazole rings is 1. The molecule has 8 nitrogen and oxygen atoms in total. The first kappa shape index (κ1) is 23.1. The van der Waals surface area contributed by atoms with E-state index in [0.29, 0.717) is 17.2 Å². The zero-order chi connectivity index (χ0) is 24.5. The topological polar surface area (TPSA) is 106 Å². The molecule has 0 saturated heterocycles. The standard InChI is InChI=1S/C25H23N5O3S2/c1-4-34-25-26-19-14(2)35-21(23(31)33-3)20(19)30(25)13-15-9-11-16(12-10-15)17-7-5-6-8-18(17)22-27-24(32)29-28-22/h5-12H,4,13H2,1-3H3,(H2,27,28,29,32). The van der Waals surface area contributed by atoms with Gasteiger partial charge in [-0.15, -0.1) is 11.3 Å². The van der Waals surface area contributed by atoms with Gasteiger partial charge in [-0.25, -0.2) is 19.7 Å². The molecule has 0 saturated carbocycles. The number of thioether (sulfide) groups is 1. The molecule has 0 aliphatic carbocycles. The van der Waals surface area contributed by atoms with Crippen molar-refractivity contribution >= 4 is 40.1 Å². The van der Waals surface area contributed by atoms with Gasteiger partial charge in [0.25, 0.3) is 0 Å². The Morgan fingerprint density at radius 2 is 1.89 bits per heavy atom. The number of carbonyl (C=O) groups excluding carboxylic acids is 1. The van der Waals surface area contributed by atoms with Gasteiger partial charge in [-0.1, -0.05) is 67.2 Å². The Hall–Kier alpha value is -3.63. The largest absolute Gasteiger partial charge is 0.465 e. The fraction of sp³-hybridized carbons (Fsp3) is 0.200. The van der Waals surface area contributed by atoms with E-state index in [-0.39, 0.29) is 11.7 Å². The van der Waals surface area contributed by atoms with Crippen molar-refractivity contribution in [3.63, 3.8) is 0 Å². The monoisotopic (exact) mass is 505 g/mol. The van der Waals surface area contributed by atoms with Crippen LogP contribution in [0.2, 0.25) is 0 Å². The number of carbonyl (C=O) groups is 1. The van der Waals surface area contributed by atoms with Crippen LogP contribution >= 0.6 is 23.1 Å². The predicted octanol–water partition coefficient (Wildman–Crippen LogP) is 5.10. The average molecular weight is 506 g/mol. The van der Waals surface area contributed by atoms with E-state index in [0.717, 1.165) is 49.1 Å². The minimum Gasteiger partial charge on any atom is -0.465 e. The molecule has 3 heterocycles. The first-order chi connectivity index (χ1) is 17.0. The number of hydrogen-bond acceptors (Lipinski definition) is 7. The third-order valence-corrected chi connectivity index (χ3v) is 7.59. The van der Waals surface area contributed by atoms with Crippen molar-refractivity contribution in [1.29, 1.82) is 0 Å². The van der Waals surface area contributed by atoms with Gasteiger partial charge in [0.2, 0.25) is 0 Å². The highest BCUT2D eigenvalue weighted by Crippen LogP contribution is 2.36. The van der Waals surface area contributed by atoms with E-state index in [9.17, 15) is 9.59 Å². The number of thiophene rings is 1. The summed E-state index contributed by atoms with van der Waals surface area (Å²) in [6.07, 6.45) is 0. The van der Waals surface area contributed by atoms with Crippen molar-refractivity contribution in [2.75, 3.05) is 12.9 Å². The van der Waals surface area contributed by atoms with E-state index in [2.05, 4.69) is 50.9 Å². The number of hydrogen-bond donors (Lipinski definition) is 2. The number of H-pyrrole nitrogens is 2. The summed E-state index contributed by atoms with van der Waals surface area (Å²) in [6.45, 7) is 4.65. The van der Waals surface area contributed by atoms with Gasteiger partial charge in [0.05, 0.1) is 19.2 Å². The number of rotatable bonds is 7. The third kappa shape index (κ3) is 4.30. The lowest BCUT2D eigenvalue weighted by atomic mass is 9.98. The number of benzene rings is 2. The van der Waals surface area contributed by atoms with E-state index in [1.54, 1.807) is 11.8 Å². The van der Waals surface area contributed by atoms with Crippen LogP contribution in [0.15, 0.2) is 58.5 Å².